The first-order chi connectivity index (χ1) is 6.37. The van der Waals surface area contributed by atoms with Gasteiger partial charge in [-0.15, -0.1) is 0 Å². The van der Waals surface area contributed by atoms with Gasteiger partial charge in [-0.3, -0.25) is 0 Å². The summed E-state index contributed by atoms with van der Waals surface area (Å²) >= 11 is 0. The smallest absolute Gasteiger partial charge is 0.187 e. The van der Waals surface area contributed by atoms with Crippen molar-refractivity contribution in [1.29, 1.82) is 0 Å². The predicted molar refractivity (Wildman–Crippen MR) is 45.7 cm³/mol. The van der Waals surface area contributed by atoms with Crippen LogP contribution in [0.2, 0.25) is 0 Å². The Bertz CT molecular complexity index is 183. The lowest BCUT2D eigenvalue weighted by Gasteiger charge is -2.43. The van der Waals surface area contributed by atoms with E-state index in [4.69, 9.17) is 0 Å². The maximum atomic E-state index is 13.3. The summed E-state index contributed by atoms with van der Waals surface area (Å²) in [5.41, 5.74) is 0. The zero-order valence-corrected chi connectivity index (χ0v) is 8.42. The van der Waals surface area contributed by atoms with Gasteiger partial charge < -0.3 is 0 Å². The number of rotatable bonds is 1. The molecular weight excluding hydrogens is 198 g/mol. The number of hydrogen-bond donors (Lipinski definition) is 0. The zero-order valence-electron chi connectivity index (χ0n) is 8.42. The SMILES string of the molecule is CC1C(F)C(F)N(C(C)C)[C@H](F)C1F. The minimum absolute atomic E-state index is 0.552. The number of likely N-dealkylation sites (tertiary alicyclic amines) is 1. The van der Waals surface area contributed by atoms with Gasteiger partial charge in [-0.05, 0) is 13.8 Å². The summed E-state index contributed by atoms with van der Waals surface area (Å²) in [5.74, 6) is -1.23. The normalized spacial score (nSPS) is 45.9. The van der Waals surface area contributed by atoms with Gasteiger partial charge in [-0.1, -0.05) is 6.92 Å². The highest BCUT2D eigenvalue weighted by Crippen LogP contribution is 2.35. The molecule has 0 saturated carbocycles. The molecule has 14 heavy (non-hydrogen) atoms. The second kappa shape index (κ2) is 4.04. The summed E-state index contributed by atoms with van der Waals surface area (Å²) in [5, 5.41) is 0. The second-order valence-electron chi connectivity index (χ2n) is 4.03. The van der Waals surface area contributed by atoms with Crippen molar-refractivity contribution < 1.29 is 17.6 Å². The number of nitrogens with zero attached hydrogens (tertiary/aromatic N) is 1. The highest BCUT2D eigenvalue weighted by Gasteiger charge is 2.50. The van der Waals surface area contributed by atoms with Crippen molar-refractivity contribution in [3.63, 3.8) is 0 Å². The largest absolute Gasteiger partial charge is 0.242 e. The highest BCUT2D eigenvalue weighted by molar-refractivity contribution is 4.92. The van der Waals surface area contributed by atoms with Crippen molar-refractivity contribution in [1.82, 2.24) is 4.90 Å². The Morgan fingerprint density at radius 3 is 1.57 bits per heavy atom. The molecule has 1 rings (SSSR count). The van der Waals surface area contributed by atoms with Crippen LogP contribution in [0.3, 0.4) is 0 Å². The van der Waals surface area contributed by atoms with Gasteiger partial charge in [-0.25, -0.2) is 22.5 Å². The van der Waals surface area contributed by atoms with Crippen molar-refractivity contribution in [2.75, 3.05) is 0 Å². The maximum absolute atomic E-state index is 13.3. The van der Waals surface area contributed by atoms with Crippen LogP contribution in [-0.4, -0.2) is 35.9 Å². The second-order valence-corrected chi connectivity index (χ2v) is 4.03. The molecule has 0 bridgehead atoms. The van der Waals surface area contributed by atoms with Gasteiger partial charge in [0.15, 0.2) is 24.9 Å². The van der Waals surface area contributed by atoms with Gasteiger partial charge in [0, 0.05) is 12.0 Å². The Morgan fingerprint density at radius 1 is 0.929 bits per heavy atom. The molecule has 1 aliphatic heterocycles. The van der Waals surface area contributed by atoms with Crippen LogP contribution in [0.15, 0.2) is 0 Å². The van der Waals surface area contributed by atoms with Crippen LogP contribution in [0, 0.1) is 5.92 Å². The first-order valence-electron chi connectivity index (χ1n) is 4.71. The monoisotopic (exact) mass is 213 g/mol. The predicted octanol–water partition coefficient (Wildman–Crippen LogP) is 2.61. The Morgan fingerprint density at radius 2 is 1.29 bits per heavy atom. The van der Waals surface area contributed by atoms with Crippen molar-refractivity contribution in [2.45, 2.75) is 51.7 Å². The standard InChI is InChI=1S/C9H15F4N/c1-4(2)14-8(12)6(10)5(3)7(11)9(14)13/h4-9H,1-3H3/t5?,6?,7?,8-,9?/m0/s1. The van der Waals surface area contributed by atoms with Crippen LogP contribution in [-0.2, 0) is 0 Å². The summed E-state index contributed by atoms with van der Waals surface area (Å²) in [6.07, 6.45) is -8.02. The quantitative estimate of drug-likeness (QED) is 0.478. The third-order valence-electron chi connectivity index (χ3n) is 2.70. The fourth-order valence-electron chi connectivity index (χ4n) is 1.71. The third-order valence-corrected chi connectivity index (χ3v) is 2.70. The van der Waals surface area contributed by atoms with Gasteiger partial charge in [-0.2, -0.15) is 0 Å². The molecule has 0 amide bonds. The molecule has 84 valence electrons. The van der Waals surface area contributed by atoms with Crippen LogP contribution >= 0.6 is 0 Å². The summed E-state index contributed by atoms with van der Waals surface area (Å²) < 4.78 is 53.0. The molecule has 0 aliphatic carbocycles. The van der Waals surface area contributed by atoms with Crippen LogP contribution in [0.1, 0.15) is 20.8 Å². The fraction of sp³-hybridized carbons (Fsp3) is 1.00. The van der Waals surface area contributed by atoms with Crippen molar-refractivity contribution in [2.24, 2.45) is 5.92 Å². The first-order valence-corrected chi connectivity index (χ1v) is 4.71. The molecule has 0 aromatic carbocycles. The molecule has 1 saturated heterocycles. The van der Waals surface area contributed by atoms with E-state index in [1.54, 1.807) is 0 Å². The Kier molecular flexibility index (Phi) is 3.40. The molecule has 0 radical (unpaired) electrons. The van der Waals surface area contributed by atoms with Gasteiger partial charge in [0.25, 0.3) is 0 Å². The topological polar surface area (TPSA) is 3.24 Å². The van der Waals surface area contributed by atoms with Crippen LogP contribution in [0.25, 0.3) is 0 Å². The molecular formula is C9H15F4N. The van der Waals surface area contributed by atoms with E-state index in [2.05, 4.69) is 0 Å². The number of halogens is 4. The van der Waals surface area contributed by atoms with Crippen molar-refractivity contribution >= 4 is 0 Å². The van der Waals surface area contributed by atoms with Crippen LogP contribution in [0.4, 0.5) is 17.6 Å². The molecule has 1 aliphatic rings. The minimum Gasteiger partial charge on any atom is -0.242 e. The van der Waals surface area contributed by atoms with Crippen molar-refractivity contribution in [3.05, 3.63) is 0 Å². The van der Waals surface area contributed by atoms with E-state index in [1.807, 2.05) is 0 Å². The lowest BCUT2D eigenvalue weighted by Crippen LogP contribution is -2.59. The lowest BCUT2D eigenvalue weighted by atomic mass is 9.92. The van der Waals surface area contributed by atoms with E-state index in [9.17, 15) is 17.6 Å². The molecule has 0 aromatic heterocycles. The van der Waals surface area contributed by atoms with E-state index in [-0.39, 0.29) is 0 Å². The molecule has 1 heterocycles. The minimum atomic E-state index is -2.05. The van der Waals surface area contributed by atoms with E-state index < -0.39 is 36.9 Å². The molecule has 1 fully saturated rings. The molecule has 0 N–H and O–H groups in total. The molecule has 0 aromatic rings. The molecule has 4 unspecified atom stereocenters. The summed E-state index contributed by atoms with van der Waals surface area (Å²) in [4.78, 5) is 0.606. The third kappa shape index (κ3) is 1.74. The highest BCUT2D eigenvalue weighted by atomic mass is 19.2. The van der Waals surface area contributed by atoms with Gasteiger partial charge in [0.2, 0.25) is 0 Å². The summed E-state index contributed by atoms with van der Waals surface area (Å²) in [7, 11) is 0. The lowest BCUT2D eigenvalue weighted by molar-refractivity contribution is -0.168. The zero-order chi connectivity index (χ0) is 11.0. The maximum Gasteiger partial charge on any atom is 0.187 e. The molecule has 5 atom stereocenters. The van der Waals surface area contributed by atoms with Crippen LogP contribution in [0.5, 0.6) is 0 Å². The van der Waals surface area contributed by atoms with E-state index in [0.717, 1.165) is 0 Å². The van der Waals surface area contributed by atoms with E-state index in [1.165, 1.54) is 20.8 Å². The summed E-state index contributed by atoms with van der Waals surface area (Å²) in [6, 6.07) is -0.552. The number of piperidine rings is 1. The Balaban J connectivity index is 2.86. The fourth-order valence-corrected chi connectivity index (χ4v) is 1.71. The first kappa shape index (κ1) is 11.8. The number of hydrogen-bond acceptors (Lipinski definition) is 1. The molecule has 5 heteroatoms. The van der Waals surface area contributed by atoms with Crippen molar-refractivity contribution in [3.8, 4) is 0 Å². The summed E-state index contributed by atoms with van der Waals surface area (Å²) in [6.45, 7) is 4.20. The van der Waals surface area contributed by atoms with Crippen LogP contribution < -0.4 is 0 Å². The average molecular weight is 213 g/mol. The Labute approximate surface area is 81.1 Å². The van der Waals surface area contributed by atoms with Gasteiger partial charge >= 0.3 is 0 Å². The van der Waals surface area contributed by atoms with Gasteiger partial charge in [0.05, 0.1) is 0 Å². The number of alkyl halides is 4. The average Bonchev–Trinajstić information content (AvgIpc) is 2.11. The van der Waals surface area contributed by atoms with E-state index >= 15 is 0 Å². The Hall–Kier alpha value is -0.320. The van der Waals surface area contributed by atoms with E-state index in [0.29, 0.717) is 4.90 Å². The molecule has 1 nitrogen and oxygen atoms in total. The van der Waals surface area contributed by atoms with Gasteiger partial charge in [0.1, 0.15) is 0 Å². The molecule has 0 spiro atoms.